The van der Waals surface area contributed by atoms with Crippen molar-refractivity contribution in [3.05, 3.63) is 18.2 Å². The van der Waals surface area contributed by atoms with E-state index in [9.17, 15) is 4.79 Å². The van der Waals surface area contributed by atoms with E-state index in [-0.39, 0.29) is 5.91 Å². The molecule has 0 spiro atoms. The summed E-state index contributed by atoms with van der Waals surface area (Å²) in [6.45, 7) is 9.47. The molecule has 0 saturated carbocycles. The average molecular weight is 291 g/mol. The Balaban J connectivity index is 2.34. The third-order valence-corrected chi connectivity index (χ3v) is 4.01. The highest BCUT2D eigenvalue weighted by Gasteiger charge is 2.51. The van der Waals surface area contributed by atoms with Gasteiger partial charge in [-0.3, -0.25) is 4.79 Å². The summed E-state index contributed by atoms with van der Waals surface area (Å²) in [6, 6.07) is 5.45. The molecule has 1 saturated heterocycles. The maximum atomic E-state index is 11.2. The number of carbonyl (C=O) groups is 1. The largest absolute Gasteiger partial charge is 0.497 e. The molecule has 0 bridgehead atoms. The molecule has 21 heavy (non-hydrogen) atoms. The van der Waals surface area contributed by atoms with Gasteiger partial charge in [0, 0.05) is 18.7 Å². The van der Waals surface area contributed by atoms with Gasteiger partial charge in [0.25, 0.3) is 0 Å². The van der Waals surface area contributed by atoms with Crippen LogP contribution in [0.1, 0.15) is 34.6 Å². The predicted octanol–water partition coefficient (Wildman–Crippen LogP) is 1.95. The zero-order valence-electron chi connectivity index (χ0n) is 13.4. The minimum Gasteiger partial charge on any atom is -0.497 e. The third-order valence-electron chi connectivity index (χ3n) is 4.01. The van der Waals surface area contributed by atoms with Crippen LogP contribution in [0.15, 0.2) is 18.2 Å². The highest BCUT2D eigenvalue weighted by Crippen LogP contribution is 2.36. The second kappa shape index (κ2) is 5.35. The van der Waals surface area contributed by atoms with Gasteiger partial charge in [0.2, 0.25) is 5.91 Å². The number of hydrogen-bond donors (Lipinski definition) is 1. The lowest BCUT2D eigenvalue weighted by atomic mass is 9.78. The molecule has 1 aromatic carbocycles. The lowest BCUT2D eigenvalue weighted by Crippen LogP contribution is -2.41. The van der Waals surface area contributed by atoms with Crippen LogP contribution in [0.4, 0.5) is 5.69 Å². The monoisotopic (exact) mass is 291 g/mol. The molecule has 1 amide bonds. The van der Waals surface area contributed by atoms with E-state index in [1.165, 1.54) is 6.92 Å². The molecule has 2 rings (SSSR count). The van der Waals surface area contributed by atoms with E-state index < -0.39 is 18.3 Å². The highest BCUT2D eigenvalue weighted by molar-refractivity contribution is 6.62. The minimum absolute atomic E-state index is 0.136. The van der Waals surface area contributed by atoms with Gasteiger partial charge in [-0.05, 0) is 45.3 Å². The Kier molecular flexibility index (Phi) is 4.04. The summed E-state index contributed by atoms with van der Waals surface area (Å²) in [5, 5.41) is 2.75. The van der Waals surface area contributed by atoms with Crippen LogP contribution in [-0.4, -0.2) is 31.3 Å². The first kappa shape index (κ1) is 15.9. The van der Waals surface area contributed by atoms with E-state index >= 15 is 0 Å². The van der Waals surface area contributed by atoms with E-state index in [1.807, 2.05) is 39.8 Å². The molecule has 1 heterocycles. The van der Waals surface area contributed by atoms with Crippen LogP contribution in [-0.2, 0) is 14.1 Å². The quantitative estimate of drug-likeness (QED) is 0.865. The molecule has 1 fully saturated rings. The number of methoxy groups -OCH3 is 1. The number of rotatable bonds is 3. The molecule has 1 aliphatic heterocycles. The molecule has 6 heteroatoms. The van der Waals surface area contributed by atoms with Gasteiger partial charge < -0.3 is 19.4 Å². The fourth-order valence-electron chi connectivity index (χ4n) is 2.13. The van der Waals surface area contributed by atoms with Gasteiger partial charge in [0.05, 0.1) is 18.3 Å². The lowest BCUT2D eigenvalue weighted by Gasteiger charge is -2.32. The molecule has 0 aromatic heterocycles. The van der Waals surface area contributed by atoms with E-state index in [0.29, 0.717) is 11.4 Å². The summed E-state index contributed by atoms with van der Waals surface area (Å²) in [7, 11) is 1.10. The second-order valence-corrected chi connectivity index (χ2v) is 6.26. The van der Waals surface area contributed by atoms with Crippen molar-refractivity contribution in [3.8, 4) is 5.75 Å². The Morgan fingerprint density at radius 1 is 1.14 bits per heavy atom. The molecular weight excluding hydrogens is 269 g/mol. The first-order valence-electron chi connectivity index (χ1n) is 6.97. The summed E-state index contributed by atoms with van der Waals surface area (Å²) in [6.07, 6.45) is 0. The van der Waals surface area contributed by atoms with Crippen LogP contribution >= 0.6 is 0 Å². The smallest absolute Gasteiger partial charge is 0.495 e. The number of ether oxygens (including phenoxy) is 1. The zero-order valence-corrected chi connectivity index (χ0v) is 13.4. The Labute approximate surface area is 126 Å². The molecule has 0 unspecified atom stereocenters. The highest BCUT2D eigenvalue weighted by atomic mass is 16.7. The number of carbonyl (C=O) groups excluding carboxylic acids is 1. The molecule has 0 radical (unpaired) electrons. The summed E-state index contributed by atoms with van der Waals surface area (Å²) in [5.41, 5.74) is 0.660. The molecular formula is C15H22BNO4. The van der Waals surface area contributed by atoms with E-state index in [4.69, 9.17) is 14.0 Å². The molecule has 0 aliphatic carbocycles. The molecule has 1 aliphatic rings. The molecule has 1 N–H and O–H groups in total. The summed E-state index contributed by atoms with van der Waals surface area (Å²) in [5.74, 6) is 0.508. The van der Waals surface area contributed by atoms with Gasteiger partial charge >= 0.3 is 7.12 Å². The van der Waals surface area contributed by atoms with E-state index in [0.717, 1.165) is 5.46 Å². The van der Waals surface area contributed by atoms with Gasteiger partial charge in [-0.25, -0.2) is 0 Å². The SMILES string of the molecule is COc1cc(NC(C)=O)cc(B2OC(C)(C)C(C)(C)O2)c1. The van der Waals surface area contributed by atoms with E-state index in [1.54, 1.807) is 13.2 Å². The van der Waals surface area contributed by atoms with Gasteiger partial charge in [0.1, 0.15) is 5.75 Å². The third kappa shape index (κ3) is 3.22. The Morgan fingerprint density at radius 3 is 2.19 bits per heavy atom. The molecule has 5 nitrogen and oxygen atoms in total. The van der Waals surface area contributed by atoms with Crippen LogP contribution in [0.2, 0.25) is 0 Å². The maximum absolute atomic E-state index is 11.2. The van der Waals surface area contributed by atoms with Crippen LogP contribution in [0.5, 0.6) is 5.75 Å². The molecule has 114 valence electrons. The van der Waals surface area contributed by atoms with Crippen molar-refractivity contribution in [1.82, 2.24) is 0 Å². The second-order valence-electron chi connectivity index (χ2n) is 6.26. The van der Waals surface area contributed by atoms with Crippen LogP contribution < -0.4 is 15.5 Å². The average Bonchev–Trinajstić information content (AvgIpc) is 2.57. The van der Waals surface area contributed by atoms with Crippen molar-refractivity contribution >= 4 is 24.2 Å². The topological polar surface area (TPSA) is 56.8 Å². The number of amides is 1. The number of hydrogen-bond acceptors (Lipinski definition) is 4. The first-order valence-corrected chi connectivity index (χ1v) is 6.97. The van der Waals surface area contributed by atoms with Gasteiger partial charge in [-0.1, -0.05) is 0 Å². The predicted molar refractivity (Wildman–Crippen MR) is 83.0 cm³/mol. The van der Waals surface area contributed by atoms with Gasteiger partial charge in [-0.2, -0.15) is 0 Å². The zero-order chi connectivity index (χ0) is 15.8. The van der Waals surface area contributed by atoms with Crippen molar-refractivity contribution in [2.24, 2.45) is 0 Å². The molecule has 1 aromatic rings. The van der Waals surface area contributed by atoms with Crippen LogP contribution in [0.3, 0.4) is 0 Å². The fraction of sp³-hybridized carbons (Fsp3) is 0.533. The Hall–Kier alpha value is -1.53. The summed E-state index contributed by atoms with van der Waals surface area (Å²) >= 11 is 0. The first-order chi connectivity index (χ1) is 9.64. The normalized spacial score (nSPS) is 19.4. The van der Waals surface area contributed by atoms with Crippen molar-refractivity contribution in [3.63, 3.8) is 0 Å². The number of anilines is 1. The van der Waals surface area contributed by atoms with Crippen LogP contribution in [0, 0.1) is 0 Å². The van der Waals surface area contributed by atoms with Crippen molar-refractivity contribution in [1.29, 1.82) is 0 Å². The number of nitrogens with one attached hydrogen (secondary N) is 1. The van der Waals surface area contributed by atoms with Crippen molar-refractivity contribution in [2.75, 3.05) is 12.4 Å². The molecule has 0 atom stereocenters. The lowest BCUT2D eigenvalue weighted by molar-refractivity contribution is -0.114. The Morgan fingerprint density at radius 2 is 1.71 bits per heavy atom. The number of benzene rings is 1. The fourth-order valence-corrected chi connectivity index (χ4v) is 2.13. The maximum Gasteiger partial charge on any atom is 0.495 e. The van der Waals surface area contributed by atoms with Crippen molar-refractivity contribution < 1.29 is 18.8 Å². The van der Waals surface area contributed by atoms with Gasteiger partial charge in [0.15, 0.2) is 0 Å². The summed E-state index contributed by atoms with van der Waals surface area (Å²) < 4.78 is 17.3. The van der Waals surface area contributed by atoms with Crippen molar-refractivity contribution in [2.45, 2.75) is 45.8 Å². The minimum atomic E-state index is -0.488. The van der Waals surface area contributed by atoms with Gasteiger partial charge in [-0.15, -0.1) is 0 Å². The Bertz CT molecular complexity index is 541. The standard InChI is InChI=1S/C15H22BNO4/c1-10(18)17-12-7-11(8-13(9-12)19-6)16-20-14(2,3)15(4,5)21-16/h7-9H,1-6H3,(H,17,18). The summed E-state index contributed by atoms with van der Waals surface area (Å²) in [4.78, 5) is 11.2. The van der Waals surface area contributed by atoms with E-state index in [2.05, 4.69) is 5.32 Å². The van der Waals surface area contributed by atoms with Crippen LogP contribution in [0.25, 0.3) is 0 Å².